The van der Waals surface area contributed by atoms with E-state index in [-0.39, 0.29) is 24.0 Å². The summed E-state index contributed by atoms with van der Waals surface area (Å²) in [4.78, 5) is 9.61. The molecule has 30 heavy (non-hydrogen) atoms. The van der Waals surface area contributed by atoms with Gasteiger partial charge in [-0.15, -0.1) is 24.0 Å². The summed E-state index contributed by atoms with van der Waals surface area (Å²) in [5, 5.41) is 7.09. The second-order valence-corrected chi connectivity index (χ2v) is 8.65. The number of likely N-dealkylation sites (tertiary alicyclic amines) is 1. The Hall–Kier alpha value is -1.06. The minimum Gasteiger partial charge on any atom is -0.381 e. The maximum atomic E-state index is 5.52. The highest BCUT2D eigenvalue weighted by molar-refractivity contribution is 14.0. The zero-order chi connectivity index (χ0) is 20.6. The molecule has 0 radical (unpaired) electrons. The van der Waals surface area contributed by atoms with E-state index in [2.05, 4.69) is 66.6 Å². The lowest BCUT2D eigenvalue weighted by Crippen LogP contribution is -2.49. The minimum atomic E-state index is 0. The molecule has 0 aromatic heterocycles. The third-order valence-electron chi connectivity index (χ3n) is 6.06. The van der Waals surface area contributed by atoms with E-state index in [4.69, 9.17) is 9.73 Å². The van der Waals surface area contributed by atoms with Crippen molar-refractivity contribution in [1.82, 2.24) is 15.5 Å². The highest BCUT2D eigenvalue weighted by Gasteiger charge is 2.24. The lowest BCUT2D eigenvalue weighted by Gasteiger charge is -2.34. The van der Waals surface area contributed by atoms with Gasteiger partial charge in [-0.3, -0.25) is 0 Å². The largest absolute Gasteiger partial charge is 0.381 e. The molecule has 1 atom stereocenters. The Morgan fingerprint density at radius 1 is 1.23 bits per heavy atom. The minimum absolute atomic E-state index is 0. The van der Waals surface area contributed by atoms with Gasteiger partial charge in [0.05, 0.1) is 13.2 Å². The van der Waals surface area contributed by atoms with Crippen LogP contribution in [0.2, 0.25) is 0 Å². The number of aliphatic imine (C=N–C) groups is 1. The number of guanidine groups is 1. The van der Waals surface area contributed by atoms with E-state index in [9.17, 15) is 0 Å². The number of rotatable bonds is 7. The molecule has 6 nitrogen and oxygen atoms in total. The first-order chi connectivity index (χ1) is 14.0. The second-order valence-electron chi connectivity index (χ2n) is 8.65. The number of nitrogens with zero attached hydrogens (tertiary/aromatic N) is 3. The van der Waals surface area contributed by atoms with Crippen molar-refractivity contribution in [3.63, 3.8) is 0 Å². The van der Waals surface area contributed by atoms with Gasteiger partial charge in [0.2, 0.25) is 0 Å². The van der Waals surface area contributed by atoms with Crippen LogP contribution in [0.15, 0.2) is 23.2 Å². The first kappa shape index (κ1) is 25.2. The number of ether oxygens (including phenoxy) is 1. The van der Waals surface area contributed by atoms with E-state index in [1.807, 2.05) is 0 Å². The van der Waals surface area contributed by atoms with Crippen molar-refractivity contribution in [2.24, 2.45) is 10.9 Å². The maximum Gasteiger partial charge on any atom is 0.191 e. The van der Waals surface area contributed by atoms with E-state index < -0.39 is 0 Å². The molecule has 0 aliphatic carbocycles. The molecule has 2 fully saturated rings. The summed E-state index contributed by atoms with van der Waals surface area (Å²) in [7, 11) is 4.15. The fraction of sp³-hybridized carbons (Fsp3) is 0.696. The molecule has 3 rings (SSSR count). The predicted molar refractivity (Wildman–Crippen MR) is 137 cm³/mol. The molecule has 1 aromatic rings. The quantitative estimate of drug-likeness (QED) is 0.323. The smallest absolute Gasteiger partial charge is 0.191 e. The van der Waals surface area contributed by atoms with Gasteiger partial charge >= 0.3 is 0 Å². The van der Waals surface area contributed by atoms with Crippen LogP contribution in [0.25, 0.3) is 0 Å². The zero-order valence-electron chi connectivity index (χ0n) is 19.1. The molecule has 2 aliphatic heterocycles. The van der Waals surface area contributed by atoms with Gasteiger partial charge < -0.3 is 25.2 Å². The molecule has 2 N–H and O–H groups in total. The van der Waals surface area contributed by atoms with Gasteiger partial charge in [0.15, 0.2) is 5.96 Å². The van der Waals surface area contributed by atoms with E-state index >= 15 is 0 Å². The number of halogens is 1. The first-order valence-corrected chi connectivity index (χ1v) is 11.2. The molecule has 1 aromatic carbocycles. The third-order valence-corrected chi connectivity index (χ3v) is 6.06. The fourth-order valence-corrected chi connectivity index (χ4v) is 4.17. The molecular formula is C23H40IN5O. The standard InChI is InChI=1S/C23H39N5O.HI/c1-5-24-23(25-15-20-6-7-22(27(3)4)14-18(20)2)26-21-8-11-28(12-9-21)16-19-10-13-29-17-19;/h6-7,14,19,21H,5,8-13,15-17H2,1-4H3,(H2,24,25,26);1H. The average Bonchev–Trinajstić information content (AvgIpc) is 3.21. The monoisotopic (exact) mass is 529 g/mol. The highest BCUT2D eigenvalue weighted by Crippen LogP contribution is 2.19. The second kappa shape index (κ2) is 12.7. The van der Waals surface area contributed by atoms with Gasteiger partial charge in [0.1, 0.15) is 0 Å². The number of nitrogens with one attached hydrogen (secondary N) is 2. The van der Waals surface area contributed by atoms with Crippen molar-refractivity contribution in [3.05, 3.63) is 29.3 Å². The van der Waals surface area contributed by atoms with Gasteiger partial charge in [-0.05, 0) is 62.3 Å². The van der Waals surface area contributed by atoms with E-state index in [0.29, 0.717) is 12.6 Å². The molecule has 0 spiro atoms. The SMILES string of the molecule is CCNC(=NCc1ccc(N(C)C)cc1C)NC1CCN(CC2CCOC2)CC1.I. The lowest BCUT2D eigenvalue weighted by atomic mass is 10.0. The van der Waals surface area contributed by atoms with Crippen LogP contribution in [0.1, 0.15) is 37.3 Å². The number of benzene rings is 1. The fourth-order valence-electron chi connectivity index (χ4n) is 4.17. The van der Waals surface area contributed by atoms with Crippen LogP contribution in [0.3, 0.4) is 0 Å². The van der Waals surface area contributed by atoms with Crippen molar-refractivity contribution in [2.45, 2.75) is 45.7 Å². The lowest BCUT2D eigenvalue weighted by molar-refractivity contribution is 0.150. The summed E-state index contributed by atoms with van der Waals surface area (Å²) in [6.07, 6.45) is 3.58. The Kier molecular flexibility index (Phi) is 10.7. The van der Waals surface area contributed by atoms with E-state index in [1.54, 1.807) is 0 Å². The summed E-state index contributed by atoms with van der Waals surface area (Å²) in [5.74, 6) is 1.67. The third kappa shape index (κ3) is 7.57. The molecule has 1 unspecified atom stereocenters. The van der Waals surface area contributed by atoms with E-state index in [1.165, 1.54) is 55.7 Å². The summed E-state index contributed by atoms with van der Waals surface area (Å²) < 4.78 is 5.52. The maximum absolute atomic E-state index is 5.52. The summed E-state index contributed by atoms with van der Waals surface area (Å²) >= 11 is 0. The van der Waals surface area contributed by atoms with E-state index in [0.717, 1.165) is 31.6 Å². The number of hydrogen-bond acceptors (Lipinski definition) is 4. The Bertz CT molecular complexity index is 668. The van der Waals surface area contributed by atoms with Crippen LogP contribution < -0.4 is 15.5 Å². The van der Waals surface area contributed by atoms with Crippen LogP contribution in [-0.4, -0.2) is 70.4 Å². The molecule has 0 amide bonds. The van der Waals surface area contributed by atoms with Crippen molar-refractivity contribution < 1.29 is 4.74 Å². The van der Waals surface area contributed by atoms with Gasteiger partial charge in [-0.1, -0.05) is 6.07 Å². The molecule has 170 valence electrons. The van der Waals surface area contributed by atoms with Crippen LogP contribution in [0.5, 0.6) is 0 Å². The highest BCUT2D eigenvalue weighted by atomic mass is 127. The topological polar surface area (TPSA) is 52.1 Å². The number of hydrogen-bond donors (Lipinski definition) is 2. The van der Waals surface area contributed by atoms with Crippen LogP contribution in [0, 0.1) is 12.8 Å². The predicted octanol–water partition coefficient (Wildman–Crippen LogP) is 3.24. The zero-order valence-corrected chi connectivity index (χ0v) is 21.4. The number of piperidine rings is 1. The number of anilines is 1. The normalized spacial score (nSPS) is 20.7. The Morgan fingerprint density at radius 2 is 2.00 bits per heavy atom. The molecule has 0 saturated carbocycles. The Balaban J connectivity index is 0.00000320. The van der Waals surface area contributed by atoms with Gasteiger partial charge in [0.25, 0.3) is 0 Å². The van der Waals surface area contributed by atoms with Crippen molar-refractivity contribution in [3.8, 4) is 0 Å². The molecule has 2 aliphatic rings. The van der Waals surface area contributed by atoms with Crippen molar-refractivity contribution in [2.75, 3.05) is 58.4 Å². The van der Waals surface area contributed by atoms with Crippen LogP contribution in [-0.2, 0) is 11.3 Å². The van der Waals surface area contributed by atoms with Gasteiger partial charge in [0, 0.05) is 58.6 Å². The molecule has 0 bridgehead atoms. The Labute approximate surface area is 199 Å². The molecule has 7 heteroatoms. The van der Waals surface area contributed by atoms with Crippen LogP contribution >= 0.6 is 24.0 Å². The summed E-state index contributed by atoms with van der Waals surface area (Å²) in [6, 6.07) is 7.10. The average molecular weight is 530 g/mol. The van der Waals surface area contributed by atoms with Crippen molar-refractivity contribution in [1.29, 1.82) is 0 Å². The molecule has 2 saturated heterocycles. The van der Waals surface area contributed by atoms with Gasteiger partial charge in [-0.25, -0.2) is 4.99 Å². The molecular weight excluding hydrogens is 489 g/mol. The van der Waals surface area contributed by atoms with Crippen molar-refractivity contribution >= 4 is 35.6 Å². The summed E-state index contributed by atoms with van der Waals surface area (Å²) in [5.41, 5.74) is 3.80. The van der Waals surface area contributed by atoms with Crippen LogP contribution in [0.4, 0.5) is 5.69 Å². The molecule has 2 heterocycles. The Morgan fingerprint density at radius 3 is 2.60 bits per heavy atom. The summed E-state index contributed by atoms with van der Waals surface area (Å²) in [6.45, 7) is 11.3. The van der Waals surface area contributed by atoms with Gasteiger partial charge in [-0.2, -0.15) is 0 Å². The number of aryl methyl sites for hydroxylation is 1. The first-order valence-electron chi connectivity index (χ1n) is 11.2.